The summed E-state index contributed by atoms with van der Waals surface area (Å²) in [4.78, 5) is 27.4. The highest BCUT2D eigenvalue weighted by molar-refractivity contribution is 8.23. The lowest BCUT2D eigenvalue weighted by molar-refractivity contribution is -0.113. The number of thiocarbonyl (C=S) groups is 1. The van der Waals surface area contributed by atoms with Gasteiger partial charge in [0.05, 0.1) is 11.4 Å². The van der Waals surface area contributed by atoms with Crippen LogP contribution in [0.4, 0.5) is 5.69 Å². The van der Waals surface area contributed by atoms with Crippen molar-refractivity contribution in [3.8, 4) is 0 Å². The van der Waals surface area contributed by atoms with Gasteiger partial charge in [0.1, 0.15) is 4.32 Å². The van der Waals surface area contributed by atoms with E-state index in [1.807, 2.05) is 6.07 Å². The number of nitrogens with one attached hydrogen (secondary N) is 1. The summed E-state index contributed by atoms with van der Waals surface area (Å²) in [5, 5.41) is 3.27. The van der Waals surface area contributed by atoms with Crippen LogP contribution in [0.1, 0.15) is 35.2 Å². The molecule has 0 radical (unpaired) electrons. The van der Waals surface area contributed by atoms with Gasteiger partial charge in [-0.1, -0.05) is 65.9 Å². The highest BCUT2D eigenvalue weighted by Crippen LogP contribution is 2.24. The monoisotopic (exact) mass is 432 g/mol. The number of benzene rings is 2. The molecule has 0 bridgehead atoms. The van der Waals surface area contributed by atoms with E-state index in [9.17, 15) is 9.59 Å². The molecule has 0 saturated carbocycles. The zero-order chi connectivity index (χ0) is 19.9. The Balaban J connectivity index is 1.65. The van der Waals surface area contributed by atoms with E-state index in [0.29, 0.717) is 21.8 Å². The SMILES string of the molecule is O=C(CSC(=S)N1CCCCC1)Nc1ccc(Cl)cc1C(=O)c1ccccc1. The van der Waals surface area contributed by atoms with Crippen molar-refractivity contribution >= 4 is 57.3 Å². The lowest BCUT2D eigenvalue weighted by atomic mass is 10.0. The number of nitrogens with zero attached hydrogens (tertiary/aromatic N) is 1. The third-order valence-electron chi connectivity index (χ3n) is 4.48. The second-order valence-corrected chi connectivity index (χ2v) is 8.58. The van der Waals surface area contributed by atoms with Crippen LogP contribution in [0.5, 0.6) is 0 Å². The smallest absolute Gasteiger partial charge is 0.234 e. The molecule has 1 amide bonds. The predicted molar refractivity (Wildman–Crippen MR) is 120 cm³/mol. The van der Waals surface area contributed by atoms with Gasteiger partial charge in [-0.2, -0.15) is 0 Å². The largest absolute Gasteiger partial charge is 0.358 e. The van der Waals surface area contributed by atoms with Crippen LogP contribution >= 0.6 is 35.6 Å². The first-order valence-electron chi connectivity index (χ1n) is 9.15. The van der Waals surface area contributed by atoms with E-state index in [1.165, 1.54) is 18.2 Å². The first-order chi connectivity index (χ1) is 13.5. The molecule has 1 aliphatic rings. The molecular formula is C21H21ClN2O2S2. The number of ketones is 1. The van der Waals surface area contributed by atoms with Crippen molar-refractivity contribution in [3.63, 3.8) is 0 Å². The summed E-state index contributed by atoms with van der Waals surface area (Å²) < 4.78 is 0.756. The molecule has 0 aromatic heterocycles. The third kappa shape index (κ3) is 5.56. The van der Waals surface area contributed by atoms with Gasteiger partial charge in [-0.15, -0.1) is 0 Å². The van der Waals surface area contributed by atoms with Crippen molar-refractivity contribution in [2.75, 3.05) is 24.2 Å². The Labute approximate surface area is 179 Å². The molecule has 2 aromatic carbocycles. The molecule has 146 valence electrons. The van der Waals surface area contributed by atoms with Crippen LogP contribution in [0.3, 0.4) is 0 Å². The highest BCUT2D eigenvalue weighted by Gasteiger charge is 2.18. The standard InChI is InChI=1S/C21H21ClN2O2S2/c22-16-9-10-18(17(13-16)20(26)15-7-3-1-4-8-15)23-19(25)14-28-21(27)24-11-5-2-6-12-24/h1,3-4,7-10,13H,2,5-6,11-12,14H2,(H,23,25). The van der Waals surface area contributed by atoms with Gasteiger partial charge in [0, 0.05) is 29.2 Å². The molecule has 28 heavy (non-hydrogen) atoms. The molecule has 0 unspecified atom stereocenters. The van der Waals surface area contributed by atoms with Gasteiger partial charge in [-0.25, -0.2) is 0 Å². The van der Waals surface area contributed by atoms with Gasteiger partial charge in [0.2, 0.25) is 5.91 Å². The quantitative estimate of drug-likeness (QED) is 0.531. The second kappa shape index (κ2) is 10.0. The predicted octanol–water partition coefficient (Wildman–Crippen LogP) is 5.01. The molecule has 1 heterocycles. The molecule has 0 spiro atoms. The van der Waals surface area contributed by atoms with Gasteiger partial charge < -0.3 is 10.2 Å². The lowest BCUT2D eigenvalue weighted by Gasteiger charge is -2.28. The number of piperidine rings is 1. The van der Waals surface area contributed by atoms with Crippen LogP contribution in [0, 0.1) is 0 Å². The summed E-state index contributed by atoms with van der Waals surface area (Å²) in [6, 6.07) is 13.8. The van der Waals surface area contributed by atoms with Gasteiger partial charge in [0.25, 0.3) is 0 Å². The molecule has 1 saturated heterocycles. The number of carbonyl (C=O) groups excluding carboxylic acids is 2. The summed E-state index contributed by atoms with van der Waals surface area (Å²) in [7, 11) is 0. The molecular weight excluding hydrogens is 412 g/mol. The fourth-order valence-corrected chi connectivity index (χ4v) is 4.26. The number of amides is 1. The molecule has 0 aliphatic carbocycles. The Morgan fingerprint density at radius 3 is 2.50 bits per heavy atom. The van der Waals surface area contributed by atoms with Crippen LogP contribution in [0.25, 0.3) is 0 Å². The third-order valence-corrected chi connectivity index (χ3v) is 6.24. The molecule has 2 aromatic rings. The van der Waals surface area contributed by atoms with E-state index in [-0.39, 0.29) is 17.4 Å². The Kier molecular flexibility index (Phi) is 7.48. The normalized spacial score (nSPS) is 13.8. The molecule has 4 nitrogen and oxygen atoms in total. The van der Waals surface area contributed by atoms with E-state index < -0.39 is 0 Å². The second-order valence-electron chi connectivity index (χ2n) is 6.54. The van der Waals surface area contributed by atoms with Crippen molar-refractivity contribution in [3.05, 3.63) is 64.7 Å². The van der Waals surface area contributed by atoms with Crippen molar-refractivity contribution < 1.29 is 9.59 Å². The molecule has 3 rings (SSSR count). The fourth-order valence-electron chi connectivity index (χ4n) is 3.04. The minimum Gasteiger partial charge on any atom is -0.358 e. The average molecular weight is 433 g/mol. The molecule has 1 aliphatic heterocycles. The van der Waals surface area contributed by atoms with Crippen LogP contribution in [0.2, 0.25) is 5.02 Å². The number of carbonyl (C=O) groups is 2. The maximum Gasteiger partial charge on any atom is 0.234 e. The first kappa shape index (κ1) is 20.8. The molecule has 1 fully saturated rings. The summed E-state index contributed by atoms with van der Waals surface area (Å²) in [6.45, 7) is 1.92. The maximum atomic E-state index is 12.8. The Morgan fingerprint density at radius 2 is 1.79 bits per heavy atom. The minimum absolute atomic E-state index is 0.185. The number of rotatable bonds is 5. The van der Waals surface area contributed by atoms with Gasteiger partial charge in [0.15, 0.2) is 5.78 Å². The Morgan fingerprint density at radius 1 is 1.07 bits per heavy atom. The first-order valence-corrected chi connectivity index (χ1v) is 10.9. The van der Waals surface area contributed by atoms with Crippen molar-refractivity contribution in [2.24, 2.45) is 0 Å². The van der Waals surface area contributed by atoms with Crippen molar-refractivity contribution in [2.45, 2.75) is 19.3 Å². The lowest BCUT2D eigenvalue weighted by Crippen LogP contribution is -2.33. The summed E-state index contributed by atoms with van der Waals surface area (Å²) in [6.07, 6.45) is 3.52. The van der Waals surface area contributed by atoms with Crippen LogP contribution in [-0.4, -0.2) is 39.8 Å². The van der Waals surface area contributed by atoms with Crippen LogP contribution in [-0.2, 0) is 4.79 Å². The summed E-state index contributed by atoms with van der Waals surface area (Å²) >= 11 is 12.9. The van der Waals surface area contributed by atoms with E-state index in [1.54, 1.807) is 42.5 Å². The average Bonchev–Trinajstić information content (AvgIpc) is 2.74. The number of thioether (sulfide) groups is 1. The zero-order valence-corrected chi connectivity index (χ0v) is 17.7. The van der Waals surface area contributed by atoms with Gasteiger partial charge >= 0.3 is 0 Å². The van der Waals surface area contributed by atoms with E-state index in [2.05, 4.69) is 10.2 Å². The minimum atomic E-state index is -0.200. The fraction of sp³-hybridized carbons (Fsp3) is 0.286. The number of halogens is 1. The van der Waals surface area contributed by atoms with Gasteiger partial charge in [-0.05, 0) is 37.5 Å². The zero-order valence-electron chi connectivity index (χ0n) is 15.3. The summed E-state index contributed by atoms with van der Waals surface area (Å²) in [5.41, 5.74) is 1.37. The number of anilines is 1. The van der Waals surface area contributed by atoms with E-state index >= 15 is 0 Å². The highest BCUT2D eigenvalue weighted by atomic mass is 35.5. The number of likely N-dealkylation sites (tertiary alicyclic amines) is 1. The molecule has 1 N–H and O–H groups in total. The van der Waals surface area contributed by atoms with E-state index in [4.69, 9.17) is 23.8 Å². The van der Waals surface area contributed by atoms with Crippen molar-refractivity contribution in [1.82, 2.24) is 4.90 Å². The number of hydrogen-bond donors (Lipinski definition) is 1. The van der Waals surface area contributed by atoms with Gasteiger partial charge in [-0.3, -0.25) is 9.59 Å². The topological polar surface area (TPSA) is 49.4 Å². The van der Waals surface area contributed by atoms with Crippen LogP contribution < -0.4 is 5.32 Å². The molecule has 7 heteroatoms. The Hall–Kier alpha value is -1.89. The molecule has 0 atom stereocenters. The Bertz CT molecular complexity index is 868. The number of hydrogen-bond acceptors (Lipinski definition) is 4. The summed E-state index contributed by atoms with van der Waals surface area (Å²) in [5.74, 6) is -0.180. The maximum absolute atomic E-state index is 12.8. The van der Waals surface area contributed by atoms with E-state index in [0.717, 1.165) is 30.3 Å². The van der Waals surface area contributed by atoms with Crippen molar-refractivity contribution in [1.29, 1.82) is 0 Å². The van der Waals surface area contributed by atoms with Crippen LogP contribution in [0.15, 0.2) is 48.5 Å².